The van der Waals surface area contributed by atoms with Gasteiger partial charge in [-0.1, -0.05) is 20.8 Å². The fourth-order valence-corrected chi connectivity index (χ4v) is 2.16. The molecule has 4 nitrogen and oxygen atoms in total. The molecule has 4 heteroatoms. The van der Waals surface area contributed by atoms with Crippen LogP contribution in [0.4, 0.5) is 0 Å². The summed E-state index contributed by atoms with van der Waals surface area (Å²) >= 11 is 0. The Balaban J connectivity index is 2.27. The number of hydrogen-bond donors (Lipinski definition) is 0. The van der Waals surface area contributed by atoms with E-state index in [0.29, 0.717) is 23.5 Å². The summed E-state index contributed by atoms with van der Waals surface area (Å²) in [5.74, 6) is 0.972. The van der Waals surface area contributed by atoms with Crippen LogP contribution in [-0.2, 0) is 11.2 Å². The molecule has 0 aromatic carbocycles. The maximum Gasteiger partial charge on any atom is 0.341 e. The third-order valence-corrected chi connectivity index (χ3v) is 3.54. The highest BCUT2D eigenvalue weighted by Gasteiger charge is 2.48. The first-order chi connectivity index (χ1) is 8.49. The van der Waals surface area contributed by atoms with Gasteiger partial charge in [0.05, 0.1) is 17.9 Å². The molecule has 0 radical (unpaired) electrons. The Morgan fingerprint density at radius 1 is 1.50 bits per heavy atom. The Labute approximate surface area is 108 Å². The van der Waals surface area contributed by atoms with E-state index in [1.54, 1.807) is 13.1 Å². The molecule has 1 aromatic rings. The number of aryl methyl sites for hydroxylation is 1. The Hall–Kier alpha value is -1.45. The number of hydrogen-bond acceptors (Lipinski definition) is 4. The van der Waals surface area contributed by atoms with Gasteiger partial charge in [0.1, 0.15) is 5.82 Å². The molecule has 18 heavy (non-hydrogen) atoms. The summed E-state index contributed by atoms with van der Waals surface area (Å²) in [6.07, 6.45) is 3.46. The van der Waals surface area contributed by atoms with Gasteiger partial charge in [-0.15, -0.1) is 0 Å². The molecule has 0 N–H and O–H groups in total. The van der Waals surface area contributed by atoms with Gasteiger partial charge in [0, 0.05) is 12.1 Å². The van der Waals surface area contributed by atoms with Crippen molar-refractivity contribution in [3.63, 3.8) is 0 Å². The molecule has 1 atom stereocenters. The molecule has 0 saturated heterocycles. The zero-order valence-corrected chi connectivity index (χ0v) is 11.5. The van der Waals surface area contributed by atoms with Gasteiger partial charge in [-0.2, -0.15) is 0 Å². The average Bonchev–Trinajstić information content (AvgIpc) is 2.98. The predicted molar refractivity (Wildman–Crippen MR) is 68.5 cm³/mol. The summed E-state index contributed by atoms with van der Waals surface area (Å²) < 4.78 is 5.01. The van der Waals surface area contributed by atoms with E-state index >= 15 is 0 Å². The van der Waals surface area contributed by atoms with E-state index in [9.17, 15) is 4.79 Å². The second-order valence-electron chi connectivity index (χ2n) is 5.41. The van der Waals surface area contributed by atoms with Crippen LogP contribution in [0.2, 0.25) is 0 Å². The maximum absolute atomic E-state index is 11.7. The molecule has 1 heterocycles. The van der Waals surface area contributed by atoms with Gasteiger partial charge in [-0.05, 0) is 25.2 Å². The first-order valence-electron chi connectivity index (χ1n) is 6.52. The second kappa shape index (κ2) is 4.67. The van der Waals surface area contributed by atoms with Crippen molar-refractivity contribution in [2.45, 2.75) is 46.5 Å². The van der Waals surface area contributed by atoms with Crippen molar-refractivity contribution in [1.29, 1.82) is 0 Å². The molecule has 1 aliphatic rings. The predicted octanol–water partition coefficient (Wildman–Crippen LogP) is 2.73. The molecule has 1 unspecified atom stereocenters. The summed E-state index contributed by atoms with van der Waals surface area (Å²) in [5, 5.41) is 0. The van der Waals surface area contributed by atoms with Crippen molar-refractivity contribution < 1.29 is 9.53 Å². The minimum Gasteiger partial charge on any atom is -0.462 e. The number of nitrogens with zero attached hydrogens (tertiary/aromatic N) is 2. The lowest BCUT2D eigenvalue weighted by atomic mass is 10.1. The zero-order valence-electron chi connectivity index (χ0n) is 11.5. The van der Waals surface area contributed by atoms with E-state index in [-0.39, 0.29) is 5.97 Å². The Kier molecular flexibility index (Phi) is 3.37. The fourth-order valence-electron chi connectivity index (χ4n) is 2.16. The first kappa shape index (κ1) is 13.0. The van der Waals surface area contributed by atoms with Gasteiger partial charge in [0.25, 0.3) is 0 Å². The summed E-state index contributed by atoms with van der Waals surface area (Å²) in [7, 11) is 0. The fraction of sp³-hybridized carbons (Fsp3) is 0.643. The van der Waals surface area contributed by atoms with Crippen LogP contribution >= 0.6 is 0 Å². The van der Waals surface area contributed by atoms with Gasteiger partial charge in [-0.25, -0.2) is 14.8 Å². The highest BCUT2D eigenvalue weighted by molar-refractivity contribution is 5.90. The van der Waals surface area contributed by atoms with Gasteiger partial charge < -0.3 is 4.74 Å². The average molecular weight is 248 g/mol. The normalized spacial score (nSPS) is 20.6. The summed E-state index contributed by atoms with van der Waals surface area (Å²) in [4.78, 5) is 20.6. The molecule has 2 rings (SSSR count). The number of aromatic nitrogens is 2. The number of ether oxygens (including phenoxy) is 1. The second-order valence-corrected chi connectivity index (χ2v) is 5.41. The number of esters is 1. The standard InChI is InChI=1S/C14H20N2O2/c1-5-11-9(13(17)18-6-2)8-15-12(16-11)10-7-14(10,3)4/h8,10H,5-7H2,1-4H3. The van der Waals surface area contributed by atoms with Crippen molar-refractivity contribution in [3.8, 4) is 0 Å². The molecule has 1 aromatic heterocycles. The highest BCUT2D eigenvalue weighted by atomic mass is 16.5. The van der Waals surface area contributed by atoms with Crippen molar-refractivity contribution in [2.24, 2.45) is 5.41 Å². The Bertz CT molecular complexity index is 469. The van der Waals surface area contributed by atoms with Gasteiger partial charge >= 0.3 is 5.97 Å². The number of rotatable bonds is 4. The van der Waals surface area contributed by atoms with Crippen LogP contribution < -0.4 is 0 Å². The largest absolute Gasteiger partial charge is 0.462 e. The van der Waals surface area contributed by atoms with Crippen molar-refractivity contribution in [3.05, 3.63) is 23.3 Å². The smallest absolute Gasteiger partial charge is 0.341 e. The lowest BCUT2D eigenvalue weighted by Crippen LogP contribution is -2.12. The molecule has 1 fully saturated rings. The van der Waals surface area contributed by atoms with Gasteiger partial charge in [-0.3, -0.25) is 0 Å². The van der Waals surface area contributed by atoms with E-state index in [0.717, 1.165) is 24.4 Å². The molecular formula is C14H20N2O2. The SMILES string of the molecule is CCOC(=O)c1cnc(C2CC2(C)C)nc1CC. The Morgan fingerprint density at radius 3 is 2.67 bits per heavy atom. The first-order valence-corrected chi connectivity index (χ1v) is 6.52. The van der Waals surface area contributed by atoms with Crippen LogP contribution in [0.5, 0.6) is 0 Å². The molecule has 98 valence electrons. The molecule has 0 amide bonds. The van der Waals surface area contributed by atoms with Crippen LogP contribution in [0.15, 0.2) is 6.20 Å². The van der Waals surface area contributed by atoms with Crippen LogP contribution in [0, 0.1) is 5.41 Å². The van der Waals surface area contributed by atoms with E-state index in [1.165, 1.54) is 0 Å². The zero-order chi connectivity index (χ0) is 13.3. The molecule has 0 aliphatic heterocycles. The maximum atomic E-state index is 11.7. The van der Waals surface area contributed by atoms with E-state index in [1.807, 2.05) is 6.92 Å². The molecule has 0 spiro atoms. The summed E-state index contributed by atoms with van der Waals surface area (Å²) in [5.41, 5.74) is 1.60. The van der Waals surface area contributed by atoms with E-state index < -0.39 is 0 Å². The topological polar surface area (TPSA) is 52.1 Å². The third kappa shape index (κ3) is 2.37. The molecule has 0 bridgehead atoms. The van der Waals surface area contributed by atoms with E-state index in [2.05, 4.69) is 23.8 Å². The van der Waals surface area contributed by atoms with Crippen molar-refractivity contribution >= 4 is 5.97 Å². The van der Waals surface area contributed by atoms with Crippen LogP contribution in [0.3, 0.4) is 0 Å². The minimum absolute atomic E-state index is 0.302. The summed E-state index contributed by atoms with van der Waals surface area (Å²) in [6.45, 7) is 8.59. The number of carbonyl (C=O) groups is 1. The monoisotopic (exact) mass is 248 g/mol. The van der Waals surface area contributed by atoms with E-state index in [4.69, 9.17) is 4.74 Å². The number of carbonyl (C=O) groups excluding carboxylic acids is 1. The lowest BCUT2D eigenvalue weighted by Gasteiger charge is -2.08. The Morgan fingerprint density at radius 2 is 2.17 bits per heavy atom. The van der Waals surface area contributed by atoms with Crippen LogP contribution in [0.1, 0.15) is 61.9 Å². The van der Waals surface area contributed by atoms with Gasteiger partial charge in [0.15, 0.2) is 0 Å². The summed E-state index contributed by atoms with van der Waals surface area (Å²) in [6, 6.07) is 0. The van der Waals surface area contributed by atoms with Crippen molar-refractivity contribution in [2.75, 3.05) is 6.61 Å². The van der Waals surface area contributed by atoms with Crippen LogP contribution in [-0.4, -0.2) is 22.5 Å². The molecule has 1 saturated carbocycles. The minimum atomic E-state index is -0.323. The van der Waals surface area contributed by atoms with Gasteiger partial charge in [0.2, 0.25) is 0 Å². The van der Waals surface area contributed by atoms with Crippen LogP contribution in [0.25, 0.3) is 0 Å². The quantitative estimate of drug-likeness (QED) is 0.769. The molecular weight excluding hydrogens is 228 g/mol. The highest BCUT2D eigenvalue weighted by Crippen LogP contribution is 2.57. The lowest BCUT2D eigenvalue weighted by molar-refractivity contribution is 0.0524. The third-order valence-electron chi connectivity index (χ3n) is 3.54. The van der Waals surface area contributed by atoms with Crippen molar-refractivity contribution in [1.82, 2.24) is 9.97 Å². The molecule has 1 aliphatic carbocycles.